The number of hydrogen-bond donors (Lipinski definition) is 2. The van der Waals surface area contributed by atoms with Crippen LogP contribution in [0.2, 0.25) is 5.02 Å². The molecule has 3 aromatic rings. The zero-order valence-corrected chi connectivity index (χ0v) is 22.0. The summed E-state index contributed by atoms with van der Waals surface area (Å²) in [5.41, 5.74) is -0.836. The second-order valence-electron chi connectivity index (χ2n) is 6.82. The molecule has 0 spiro atoms. The number of aromatic nitrogens is 3. The monoisotopic (exact) mass is 703 g/mol. The minimum Gasteiger partial charge on any atom is -0.341 e. The molecule has 13 heteroatoms. The van der Waals surface area contributed by atoms with Crippen LogP contribution < -0.4 is 10.6 Å². The summed E-state index contributed by atoms with van der Waals surface area (Å²) in [7, 11) is 0. The third kappa shape index (κ3) is 5.95. The van der Waals surface area contributed by atoms with Crippen LogP contribution in [0, 0.1) is 10.5 Å². The smallest absolute Gasteiger partial charge is 0.341 e. The van der Waals surface area contributed by atoms with Crippen molar-refractivity contribution in [2.45, 2.75) is 24.1 Å². The lowest BCUT2D eigenvalue weighted by molar-refractivity contribution is -0.141. The van der Waals surface area contributed by atoms with Gasteiger partial charge in [0.1, 0.15) is 5.69 Å². The molecule has 2 aromatic heterocycles. The number of rotatable bonds is 5. The van der Waals surface area contributed by atoms with Crippen LogP contribution >= 0.6 is 56.8 Å². The number of halogens is 6. The standard InChI is InChI=1S/C20H15ClF3I2N5O2/c1-9-6-11(26)7-12(18(32)28-10(2)25)16(9)29-19(33)14-8-15(20(22,23)24)30-31(14)17-13(21)4-3-5-27-17/h3-8,10H,1-2H3,(H,28,32)(H,29,33). The molecule has 1 atom stereocenters. The van der Waals surface area contributed by atoms with Gasteiger partial charge in [-0.25, -0.2) is 9.67 Å². The van der Waals surface area contributed by atoms with E-state index in [0.29, 0.717) is 11.6 Å². The summed E-state index contributed by atoms with van der Waals surface area (Å²) in [6, 6.07) is 6.82. The van der Waals surface area contributed by atoms with Gasteiger partial charge in [-0.15, -0.1) is 0 Å². The molecule has 0 aliphatic rings. The summed E-state index contributed by atoms with van der Waals surface area (Å²) < 4.78 is 41.4. The predicted molar refractivity (Wildman–Crippen MR) is 134 cm³/mol. The van der Waals surface area contributed by atoms with E-state index in [2.05, 4.69) is 20.7 Å². The van der Waals surface area contributed by atoms with E-state index in [1.165, 1.54) is 18.3 Å². The van der Waals surface area contributed by atoms with Gasteiger partial charge in [-0.3, -0.25) is 9.59 Å². The Hall–Kier alpha value is -1.94. The number of anilines is 1. The first-order valence-corrected chi connectivity index (χ1v) is 11.9. The Morgan fingerprint density at radius 2 is 1.91 bits per heavy atom. The molecular weight excluding hydrogens is 689 g/mol. The average Bonchev–Trinajstić information content (AvgIpc) is 3.15. The van der Waals surface area contributed by atoms with Crippen LogP contribution in [0.1, 0.15) is 39.0 Å². The van der Waals surface area contributed by atoms with Crippen molar-refractivity contribution in [2.24, 2.45) is 0 Å². The van der Waals surface area contributed by atoms with Crippen LogP contribution in [0.5, 0.6) is 0 Å². The molecule has 1 unspecified atom stereocenters. The summed E-state index contributed by atoms with van der Waals surface area (Å²) in [5, 5.41) is 8.82. The first kappa shape index (κ1) is 25.7. The number of nitrogens with zero attached hydrogens (tertiary/aromatic N) is 3. The fourth-order valence-electron chi connectivity index (χ4n) is 2.90. The molecule has 3 rings (SSSR count). The number of amides is 2. The van der Waals surface area contributed by atoms with Gasteiger partial charge in [0.05, 0.1) is 20.3 Å². The van der Waals surface area contributed by atoms with Gasteiger partial charge in [0.15, 0.2) is 11.5 Å². The number of alkyl halides is 4. The van der Waals surface area contributed by atoms with Crippen molar-refractivity contribution in [2.75, 3.05) is 5.32 Å². The Kier molecular flexibility index (Phi) is 7.88. The SMILES string of the molecule is Cc1cc(I)cc(C(=O)NC(C)I)c1NC(=O)c1cc(C(F)(F)F)nn1-c1ncccc1Cl. The molecule has 0 saturated carbocycles. The fourth-order valence-corrected chi connectivity index (χ4v) is 4.16. The Morgan fingerprint density at radius 1 is 1.21 bits per heavy atom. The number of nitrogens with one attached hydrogen (secondary N) is 2. The minimum atomic E-state index is -4.80. The summed E-state index contributed by atoms with van der Waals surface area (Å²) in [6.07, 6.45) is -3.49. The van der Waals surface area contributed by atoms with E-state index in [0.717, 1.165) is 8.25 Å². The van der Waals surface area contributed by atoms with Gasteiger partial charge >= 0.3 is 6.18 Å². The molecule has 1 aromatic carbocycles. The predicted octanol–water partition coefficient (Wildman–Crippen LogP) is 5.62. The Morgan fingerprint density at radius 3 is 2.52 bits per heavy atom. The second kappa shape index (κ2) is 10.1. The Labute approximate surface area is 218 Å². The lowest BCUT2D eigenvalue weighted by Gasteiger charge is -2.16. The van der Waals surface area contributed by atoms with Crippen LogP contribution in [0.25, 0.3) is 5.82 Å². The molecule has 7 nitrogen and oxygen atoms in total. The van der Waals surface area contributed by atoms with E-state index in [1.807, 2.05) is 45.2 Å². The highest BCUT2D eigenvalue weighted by Crippen LogP contribution is 2.31. The lowest BCUT2D eigenvalue weighted by atomic mass is 10.1. The molecular formula is C20H15ClF3I2N5O2. The molecule has 174 valence electrons. The quantitative estimate of drug-likeness (QED) is 0.206. The molecule has 0 aliphatic carbocycles. The zero-order valence-electron chi connectivity index (χ0n) is 17.0. The van der Waals surface area contributed by atoms with E-state index < -0.39 is 29.4 Å². The van der Waals surface area contributed by atoms with Crippen molar-refractivity contribution in [3.63, 3.8) is 0 Å². The number of hydrogen-bond acceptors (Lipinski definition) is 4. The highest BCUT2D eigenvalue weighted by atomic mass is 127. The molecule has 0 aliphatic heterocycles. The van der Waals surface area contributed by atoms with Crippen molar-refractivity contribution < 1.29 is 22.8 Å². The number of benzene rings is 1. The maximum absolute atomic E-state index is 13.4. The maximum atomic E-state index is 13.4. The highest BCUT2D eigenvalue weighted by molar-refractivity contribution is 14.1. The van der Waals surface area contributed by atoms with Crippen molar-refractivity contribution in [3.05, 3.63) is 67.6 Å². The molecule has 0 radical (unpaired) electrons. The van der Waals surface area contributed by atoms with E-state index >= 15 is 0 Å². The summed E-state index contributed by atoms with van der Waals surface area (Å²) in [5.74, 6) is -1.50. The van der Waals surface area contributed by atoms with Crippen LogP contribution in [-0.2, 0) is 6.18 Å². The number of carbonyl (C=O) groups is 2. The Bertz CT molecular complexity index is 1230. The average molecular weight is 704 g/mol. The van der Waals surface area contributed by atoms with Crippen LogP contribution in [0.4, 0.5) is 18.9 Å². The third-order valence-corrected chi connectivity index (χ3v) is 5.51. The van der Waals surface area contributed by atoms with Crippen LogP contribution in [-0.4, -0.2) is 30.6 Å². The summed E-state index contributed by atoms with van der Waals surface area (Å²) >= 11 is 10.1. The van der Waals surface area contributed by atoms with E-state index in [-0.39, 0.29) is 26.1 Å². The number of aryl methyl sites for hydroxylation is 1. The van der Waals surface area contributed by atoms with Gasteiger partial charge in [0.25, 0.3) is 11.8 Å². The van der Waals surface area contributed by atoms with Crippen molar-refractivity contribution >= 4 is 74.3 Å². The molecule has 2 amide bonds. The topological polar surface area (TPSA) is 88.9 Å². The van der Waals surface area contributed by atoms with E-state index in [4.69, 9.17) is 11.6 Å². The fraction of sp³-hybridized carbons (Fsp3) is 0.200. The van der Waals surface area contributed by atoms with E-state index in [1.54, 1.807) is 26.0 Å². The molecule has 0 bridgehead atoms. The van der Waals surface area contributed by atoms with Gasteiger partial charge in [0.2, 0.25) is 0 Å². The normalized spacial score (nSPS) is 12.4. The molecule has 0 saturated heterocycles. The van der Waals surface area contributed by atoms with Crippen LogP contribution in [0.15, 0.2) is 36.5 Å². The van der Waals surface area contributed by atoms with Crippen molar-refractivity contribution in [1.82, 2.24) is 20.1 Å². The molecule has 33 heavy (non-hydrogen) atoms. The largest absolute Gasteiger partial charge is 0.435 e. The summed E-state index contributed by atoms with van der Waals surface area (Å²) in [6.45, 7) is 3.45. The first-order chi connectivity index (χ1) is 15.4. The van der Waals surface area contributed by atoms with Gasteiger partial charge in [-0.05, 0) is 66.3 Å². The molecule has 2 N–H and O–H groups in total. The summed E-state index contributed by atoms with van der Waals surface area (Å²) in [4.78, 5) is 29.8. The zero-order chi connectivity index (χ0) is 24.5. The second-order valence-corrected chi connectivity index (χ2v) is 10.3. The Balaban J connectivity index is 2.10. The van der Waals surface area contributed by atoms with Gasteiger partial charge in [-0.1, -0.05) is 34.2 Å². The van der Waals surface area contributed by atoms with Gasteiger partial charge in [-0.2, -0.15) is 18.3 Å². The van der Waals surface area contributed by atoms with Crippen LogP contribution in [0.3, 0.4) is 0 Å². The molecule has 2 heterocycles. The van der Waals surface area contributed by atoms with E-state index in [9.17, 15) is 22.8 Å². The minimum absolute atomic E-state index is 0.00456. The van der Waals surface area contributed by atoms with Crippen molar-refractivity contribution in [3.8, 4) is 5.82 Å². The maximum Gasteiger partial charge on any atom is 0.435 e. The van der Waals surface area contributed by atoms with Gasteiger partial charge < -0.3 is 10.6 Å². The highest BCUT2D eigenvalue weighted by Gasteiger charge is 2.36. The van der Waals surface area contributed by atoms with Crippen molar-refractivity contribution in [1.29, 1.82) is 0 Å². The third-order valence-electron chi connectivity index (χ3n) is 4.29. The number of carbonyl (C=O) groups excluding carboxylic acids is 2. The number of pyridine rings is 1. The van der Waals surface area contributed by atoms with Gasteiger partial charge in [0, 0.05) is 15.8 Å². The first-order valence-electron chi connectivity index (χ1n) is 9.23. The lowest BCUT2D eigenvalue weighted by Crippen LogP contribution is -2.30. The molecule has 0 fully saturated rings.